The van der Waals surface area contributed by atoms with Gasteiger partial charge in [0.15, 0.2) is 6.10 Å². The fourth-order valence-electron chi connectivity index (χ4n) is 0.668. The molecule has 0 rings (SSSR count). The van der Waals surface area contributed by atoms with Crippen molar-refractivity contribution in [2.24, 2.45) is 0 Å². The Bertz CT molecular complexity index is 204. The molecule has 6 N–H and O–H groups in total. The second kappa shape index (κ2) is 17.6. The summed E-state index contributed by atoms with van der Waals surface area (Å²) >= 11 is 0. The van der Waals surface area contributed by atoms with Crippen LogP contribution in [0.15, 0.2) is 0 Å². The SMILES string of the molecule is O=C(O)[C@H](O)[C@@H](O)[C@H](O)[C@H](O)CO.[Ca+2].[H-].[H-].[H-].[H-].[H-].[Na+].[Na+].[Na+]. The van der Waals surface area contributed by atoms with Gasteiger partial charge in [-0.1, -0.05) is 0 Å². The molecule has 0 aliphatic carbocycles. The molecular weight excluding hydrogens is 293 g/mol. The number of aliphatic hydroxyl groups excluding tert-OH is 5. The zero-order valence-corrected chi connectivity index (χ0v) is 18.5. The Kier molecular flexibility index (Phi) is 33.6. The van der Waals surface area contributed by atoms with Gasteiger partial charge in [0.25, 0.3) is 0 Å². The second-order valence-electron chi connectivity index (χ2n) is 2.51. The molecule has 17 heavy (non-hydrogen) atoms. The summed E-state index contributed by atoms with van der Waals surface area (Å²) in [5.41, 5.74) is 0. The van der Waals surface area contributed by atoms with E-state index in [-0.39, 0.29) is 134 Å². The van der Waals surface area contributed by atoms with Crippen molar-refractivity contribution in [2.45, 2.75) is 24.4 Å². The smallest absolute Gasteiger partial charge is 1.00 e. The summed E-state index contributed by atoms with van der Waals surface area (Å²) in [6, 6.07) is 0. The minimum Gasteiger partial charge on any atom is -1.00 e. The number of carboxylic acid groups (broad SMARTS) is 1. The number of hydrogen-bond donors (Lipinski definition) is 6. The predicted molar refractivity (Wildman–Crippen MR) is 50.1 cm³/mol. The molecule has 0 heterocycles. The summed E-state index contributed by atoms with van der Waals surface area (Å²) < 4.78 is 0. The van der Waals surface area contributed by atoms with Crippen molar-refractivity contribution in [3.05, 3.63) is 0 Å². The van der Waals surface area contributed by atoms with Gasteiger partial charge in [0.05, 0.1) is 6.61 Å². The van der Waals surface area contributed by atoms with Crippen LogP contribution in [-0.4, -0.2) is 105 Å². The van der Waals surface area contributed by atoms with Crippen LogP contribution in [0.4, 0.5) is 0 Å². The molecule has 88 valence electrons. The molecule has 0 aromatic carbocycles. The van der Waals surface area contributed by atoms with Crippen LogP contribution in [0.5, 0.6) is 0 Å². The number of carboxylic acids is 1. The van der Waals surface area contributed by atoms with Gasteiger partial charge in [-0.05, 0) is 0 Å². The van der Waals surface area contributed by atoms with E-state index in [1.807, 2.05) is 0 Å². The largest absolute Gasteiger partial charge is 2.00 e. The minimum absolute atomic E-state index is 0. The summed E-state index contributed by atoms with van der Waals surface area (Å²) in [6.45, 7) is -0.843. The maximum absolute atomic E-state index is 10.1. The summed E-state index contributed by atoms with van der Waals surface area (Å²) in [7, 11) is 0. The van der Waals surface area contributed by atoms with Gasteiger partial charge in [0.2, 0.25) is 0 Å². The molecule has 0 fully saturated rings. The molecule has 0 unspecified atom stereocenters. The molecule has 0 radical (unpaired) electrons. The van der Waals surface area contributed by atoms with Crippen LogP contribution >= 0.6 is 0 Å². The van der Waals surface area contributed by atoms with Crippen LogP contribution in [0.25, 0.3) is 0 Å². The third-order valence-electron chi connectivity index (χ3n) is 1.51. The number of hydrogen-bond acceptors (Lipinski definition) is 6. The topological polar surface area (TPSA) is 138 Å². The molecule has 4 atom stereocenters. The van der Waals surface area contributed by atoms with E-state index in [1.54, 1.807) is 0 Å². The quantitative estimate of drug-likeness (QED) is 0.277. The van der Waals surface area contributed by atoms with Crippen molar-refractivity contribution in [1.29, 1.82) is 0 Å². The van der Waals surface area contributed by atoms with Gasteiger partial charge in [-0.15, -0.1) is 0 Å². The van der Waals surface area contributed by atoms with Gasteiger partial charge in [-0.3, -0.25) is 0 Å². The van der Waals surface area contributed by atoms with Gasteiger partial charge in [0, 0.05) is 0 Å². The molecule has 0 spiro atoms. The van der Waals surface area contributed by atoms with Crippen molar-refractivity contribution >= 4 is 43.7 Å². The Balaban J connectivity index is -0.0000000200. The fourth-order valence-corrected chi connectivity index (χ4v) is 0.668. The first-order valence-corrected chi connectivity index (χ1v) is 3.47. The van der Waals surface area contributed by atoms with E-state index in [0.29, 0.717) is 0 Å². The average Bonchev–Trinajstić information content (AvgIpc) is 2.12. The molecule has 0 saturated heterocycles. The van der Waals surface area contributed by atoms with Crippen molar-refractivity contribution in [1.82, 2.24) is 0 Å². The van der Waals surface area contributed by atoms with Crippen molar-refractivity contribution in [2.75, 3.05) is 6.61 Å². The first-order chi connectivity index (χ1) is 5.91. The van der Waals surface area contributed by atoms with Crippen molar-refractivity contribution < 1.29 is 131 Å². The Morgan fingerprint density at radius 3 is 1.59 bits per heavy atom. The predicted octanol–water partition coefficient (Wildman–Crippen LogP) is -12.3. The van der Waals surface area contributed by atoms with Crippen LogP contribution in [0.3, 0.4) is 0 Å². The van der Waals surface area contributed by atoms with E-state index in [0.717, 1.165) is 0 Å². The van der Waals surface area contributed by atoms with E-state index >= 15 is 0 Å². The first-order valence-electron chi connectivity index (χ1n) is 3.47. The maximum Gasteiger partial charge on any atom is 2.00 e. The summed E-state index contributed by atoms with van der Waals surface area (Å²) in [5.74, 6) is -1.73. The van der Waals surface area contributed by atoms with E-state index in [9.17, 15) is 4.79 Å². The maximum atomic E-state index is 10.1. The Morgan fingerprint density at radius 2 is 1.35 bits per heavy atom. The normalized spacial score (nSPS) is 15.6. The van der Waals surface area contributed by atoms with Gasteiger partial charge in [0.1, 0.15) is 18.3 Å². The molecule has 0 aromatic rings. The Labute approximate surface area is 202 Å². The van der Waals surface area contributed by atoms with Crippen LogP contribution in [0.2, 0.25) is 0 Å². The molecule has 0 amide bonds. The Hall–Kier alpha value is 3.53. The molecule has 7 nitrogen and oxygen atoms in total. The summed E-state index contributed by atoms with van der Waals surface area (Å²) in [6.07, 6.45) is -7.84. The van der Waals surface area contributed by atoms with Crippen LogP contribution < -0.4 is 88.7 Å². The monoisotopic (exact) mass is 310 g/mol. The molecule has 0 aliphatic heterocycles. The average molecular weight is 310 g/mol. The van der Waals surface area contributed by atoms with E-state index in [2.05, 4.69) is 0 Å². The van der Waals surface area contributed by atoms with Gasteiger partial charge >= 0.3 is 132 Å². The second-order valence-corrected chi connectivity index (χ2v) is 2.51. The summed E-state index contributed by atoms with van der Waals surface area (Å²) in [4.78, 5) is 10.1. The van der Waals surface area contributed by atoms with Crippen LogP contribution in [0, 0.1) is 0 Å². The first kappa shape index (κ1) is 32.5. The van der Waals surface area contributed by atoms with Crippen molar-refractivity contribution in [3.63, 3.8) is 0 Å². The van der Waals surface area contributed by atoms with Gasteiger partial charge in [-0.25, -0.2) is 4.79 Å². The van der Waals surface area contributed by atoms with Gasteiger partial charge in [-0.2, -0.15) is 0 Å². The zero-order valence-electron chi connectivity index (χ0n) is 15.3. The third kappa shape index (κ3) is 12.9. The fraction of sp³-hybridized carbons (Fsp3) is 0.833. The number of aliphatic carboxylic acids is 1. The molecule has 0 bridgehead atoms. The minimum atomic E-state index is -2.20. The van der Waals surface area contributed by atoms with E-state index < -0.39 is 37.0 Å². The molecule has 11 heteroatoms. The molecule has 0 saturated carbocycles. The standard InChI is InChI=1S/C6H12O7.Ca.3Na.5H/c7-1-2(8)3(9)4(10)5(11)6(12)13;;;;;;;;;/h2-5,7-11H,1H2,(H,12,13);;;;;;;;;/q;+2;3*+1;5*-1/t2-,3-,4+,5-;;;;;;;;;/m1........./s1. The van der Waals surface area contributed by atoms with E-state index in [1.165, 1.54) is 0 Å². The molecular formula is C6H17CaNa3O7. The Morgan fingerprint density at radius 1 is 1.00 bits per heavy atom. The van der Waals surface area contributed by atoms with E-state index in [4.69, 9.17) is 30.6 Å². The third-order valence-corrected chi connectivity index (χ3v) is 1.51. The summed E-state index contributed by atoms with van der Waals surface area (Å²) in [5, 5.41) is 51.8. The molecule has 0 aliphatic rings. The van der Waals surface area contributed by atoms with Crippen LogP contribution in [-0.2, 0) is 4.79 Å². The number of carbonyl (C=O) groups is 1. The van der Waals surface area contributed by atoms with Gasteiger partial charge < -0.3 is 37.8 Å². The molecule has 0 aromatic heterocycles. The van der Waals surface area contributed by atoms with Crippen molar-refractivity contribution in [3.8, 4) is 0 Å². The number of rotatable bonds is 5. The van der Waals surface area contributed by atoms with Crippen LogP contribution in [0.1, 0.15) is 7.13 Å². The number of aliphatic hydroxyl groups is 5. The zero-order chi connectivity index (χ0) is 10.6.